The highest BCUT2D eigenvalue weighted by Crippen LogP contribution is 2.17. The van der Waals surface area contributed by atoms with Crippen LogP contribution in [0.4, 0.5) is 8.78 Å². The van der Waals surface area contributed by atoms with Gasteiger partial charge in [0, 0.05) is 12.6 Å². The second-order valence-corrected chi connectivity index (χ2v) is 3.83. The summed E-state index contributed by atoms with van der Waals surface area (Å²) in [7, 11) is 0. The third-order valence-electron chi connectivity index (χ3n) is 2.26. The molecule has 0 aromatic heterocycles. The van der Waals surface area contributed by atoms with Crippen molar-refractivity contribution in [3.63, 3.8) is 0 Å². The van der Waals surface area contributed by atoms with Crippen molar-refractivity contribution in [2.75, 3.05) is 32.8 Å². The van der Waals surface area contributed by atoms with Gasteiger partial charge in [-0.3, -0.25) is 4.99 Å². The van der Waals surface area contributed by atoms with Gasteiger partial charge in [0.05, 0.1) is 19.7 Å². The summed E-state index contributed by atoms with van der Waals surface area (Å²) < 4.78 is 31.2. The van der Waals surface area contributed by atoms with Crippen molar-refractivity contribution in [3.8, 4) is 5.75 Å². The van der Waals surface area contributed by atoms with Crippen LogP contribution < -0.4 is 15.4 Å². The highest BCUT2D eigenvalue weighted by atomic mass is 19.1. The van der Waals surface area contributed by atoms with E-state index in [0.717, 1.165) is 12.1 Å². The minimum Gasteiger partial charge on any atom is -0.489 e. The van der Waals surface area contributed by atoms with E-state index in [-0.39, 0.29) is 19.0 Å². The van der Waals surface area contributed by atoms with Crippen LogP contribution in [-0.4, -0.2) is 43.9 Å². The van der Waals surface area contributed by atoms with Crippen LogP contribution in [0.2, 0.25) is 0 Å². The van der Waals surface area contributed by atoms with Gasteiger partial charge >= 0.3 is 0 Å². The molecular weight excluding hydrogens is 268 g/mol. The zero-order valence-corrected chi connectivity index (χ0v) is 11.3. The summed E-state index contributed by atoms with van der Waals surface area (Å²) in [5.41, 5.74) is 0. The second-order valence-electron chi connectivity index (χ2n) is 3.83. The minimum absolute atomic E-state index is 0.00509. The van der Waals surface area contributed by atoms with Gasteiger partial charge in [0.2, 0.25) is 0 Å². The van der Waals surface area contributed by atoms with Crippen molar-refractivity contribution >= 4 is 5.96 Å². The van der Waals surface area contributed by atoms with Crippen LogP contribution in [0.1, 0.15) is 6.92 Å². The van der Waals surface area contributed by atoms with Gasteiger partial charge in [-0.05, 0) is 19.1 Å². The largest absolute Gasteiger partial charge is 0.489 e. The van der Waals surface area contributed by atoms with Crippen LogP contribution in [-0.2, 0) is 0 Å². The Morgan fingerprint density at radius 2 is 2.15 bits per heavy atom. The van der Waals surface area contributed by atoms with Crippen LogP contribution >= 0.6 is 0 Å². The lowest BCUT2D eigenvalue weighted by molar-refractivity contribution is 0.302. The van der Waals surface area contributed by atoms with Gasteiger partial charge in [-0.25, -0.2) is 8.78 Å². The molecule has 1 rings (SSSR count). The maximum Gasteiger partial charge on any atom is 0.191 e. The number of halogens is 2. The van der Waals surface area contributed by atoms with E-state index in [1.807, 2.05) is 6.92 Å². The number of nitrogens with zero attached hydrogens (tertiary/aromatic N) is 1. The maximum absolute atomic E-state index is 13.3. The topological polar surface area (TPSA) is 65.9 Å². The van der Waals surface area contributed by atoms with Gasteiger partial charge in [0.25, 0.3) is 0 Å². The summed E-state index contributed by atoms with van der Waals surface area (Å²) in [6.45, 7) is 3.46. The van der Waals surface area contributed by atoms with Gasteiger partial charge in [-0.15, -0.1) is 0 Å². The number of ether oxygens (including phenoxy) is 1. The van der Waals surface area contributed by atoms with Crippen molar-refractivity contribution in [1.29, 1.82) is 0 Å². The fourth-order valence-corrected chi connectivity index (χ4v) is 1.43. The fraction of sp³-hybridized carbons (Fsp3) is 0.462. The first-order valence-electron chi connectivity index (χ1n) is 6.38. The molecule has 0 unspecified atom stereocenters. The summed E-state index contributed by atoms with van der Waals surface area (Å²) in [6.07, 6.45) is 0. The van der Waals surface area contributed by atoms with E-state index in [1.54, 1.807) is 0 Å². The van der Waals surface area contributed by atoms with Crippen molar-refractivity contribution < 1.29 is 18.6 Å². The molecule has 0 aliphatic heterocycles. The SMILES string of the molecule is CCNC(=NCCO)NCCOc1ccc(F)cc1F. The summed E-state index contributed by atoms with van der Waals surface area (Å²) >= 11 is 0. The Labute approximate surface area is 116 Å². The highest BCUT2D eigenvalue weighted by molar-refractivity contribution is 5.79. The highest BCUT2D eigenvalue weighted by Gasteiger charge is 2.04. The molecule has 0 saturated carbocycles. The van der Waals surface area contributed by atoms with Crippen molar-refractivity contribution in [2.24, 2.45) is 4.99 Å². The van der Waals surface area contributed by atoms with E-state index < -0.39 is 11.6 Å². The molecule has 3 N–H and O–H groups in total. The molecule has 5 nitrogen and oxygen atoms in total. The number of rotatable bonds is 7. The van der Waals surface area contributed by atoms with Crippen LogP contribution in [0.3, 0.4) is 0 Å². The van der Waals surface area contributed by atoms with Gasteiger partial charge in [-0.1, -0.05) is 0 Å². The first kappa shape index (κ1) is 16.2. The Hall–Kier alpha value is -1.89. The average molecular weight is 287 g/mol. The Bertz CT molecular complexity index is 442. The van der Waals surface area contributed by atoms with Crippen LogP contribution in [0.5, 0.6) is 5.75 Å². The Morgan fingerprint density at radius 1 is 1.35 bits per heavy atom. The molecule has 0 saturated heterocycles. The number of hydrogen-bond acceptors (Lipinski definition) is 3. The predicted octanol–water partition coefficient (Wildman–Crippen LogP) is 0.891. The Balaban J connectivity index is 2.36. The molecule has 112 valence electrons. The molecule has 0 atom stereocenters. The zero-order valence-electron chi connectivity index (χ0n) is 11.3. The summed E-state index contributed by atoms with van der Waals surface area (Å²) in [5.74, 6) is -0.820. The molecule has 0 aliphatic rings. The zero-order chi connectivity index (χ0) is 14.8. The summed E-state index contributed by atoms with van der Waals surface area (Å²) in [5, 5.41) is 14.6. The van der Waals surface area contributed by atoms with Crippen LogP contribution in [0, 0.1) is 11.6 Å². The molecule has 0 aliphatic carbocycles. The number of hydrogen-bond donors (Lipinski definition) is 3. The third-order valence-corrected chi connectivity index (χ3v) is 2.26. The van der Waals surface area contributed by atoms with Gasteiger partial charge in [0.1, 0.15) is 12.4 Å². The van der Waals surface area contributed by atoms with E-state index in [0.29, 0.717) is 25.6 Å². The fourth-order valence-electron chi connectivity index (χ4n) is 1.43. The first-order chi connectivity index (χ1) is 9.67. The molecular formula is C13H19F2N3O2. The normalized spacial score (nSPS) is 11.3. The molecule has 0 amide bonds. The quantitative estimate of drug-likeness (QED) is 0.396. The molecule has 0 fully saturated rings. The molecule has 1 aromatic rings. The maximum atomic E-state index is 13.3. The summed E-state index contributed by atoms with van der Waals surface area (Å²) in [6, 6.07) is 3.16. The number of benzene rings is 1. The van der Waals surface area contributed by atoms with Crippen LogP contribution in [0.15, 0.2) is 23.2 Å². The molecule has 20 heavy (non-hydrogen) atoms. The smallest absolute Gasteiger partial charge is 0.191 e. The molecule has 1 aromatic carbocycles. The van der Waals surface area contributed by atoms with E-state index in [4.69, 9.17) is 9.84 Å². The Morgan fingerprint density at radius 3 is 2.80 bits per heavy atom. The Kier molecular flexibility index (Phi) is 7.34. The second kappa shape index (κ2) is 9.08. The van der Waals surface area contributed by atoms with E-state index >= 15 is 0 Å². The minimum atomic E-state index is -0.731. The lowest BCUT2D eigenvalue weighted by Crippen LogP contribution is -2.39. The number of nitrogens with one attached hydrogen (secondary N) is 2. The predicted molar refractivity (Wildman–Crippen MR) is 72.9 cm³/mol. The van der Waals surface area contributed by atoms with Gasteiger partial charge < -0.3 is 20.5 Å². The number of guanidine groups is 1. The number of aliphatic imine (C=N–C) groups is 1. The lowest BCUT2D eigenvalue weighted by atomic mass is 10.3. The molecule has 7 heteroatoms. The van der Waals surface area contributed by atoms with Gasteiger partial charge in [-0.2, -0.15) is 0 Å². The van der Waals surface area contributed by atoms with Crippen molar-refractivity contribution in [2.45, 2.75) is 6.92 Å². The van der Waals surface area contributed by atoms with Crippen molar-refractivity contribution in [1.82, 2.24) is 10.6 Å². The van der Waals surface area contributed by atoms with Crippen molar-refractivity contribution in [3.05, 3.63) is 29.8 Å². The van der Waals surface area contributed by atoms with E-state index in [9.17, 15) is 8.78 Å². The molecule has 0 spiro atoms. The number of aliphatic hydroxyl groups is 1. The average Bonchev–Trinajstić information content (AvgIpc) is 2.42. The molecule has 0 heterocycles. The number of aliphatic hydroxyl groups excluding tert-OH is 1. The first-order valence-corrected chi connectivity index (χ1v) is 6.38. The lowest BCUT2D eigenvalue weighted by Gasteiger charge is -2.12. The monoisotopic (exact) mass is 287 g/mol. The van der Waals surface area contributed by atoms with Gasteiger partial charge in [0.15, 0.2) is 17.5 Å². The van der Waals surface area contributed by atoms with E-state index in [2.05, 4.69) is 15.6 Å². The van der Waals surface area contributed by atoms with Crippen LogP contribution in [0.25, 0.3) is 0 Å². The molecule has 0 bridgehead atoms. The standard InChI is InChI=1S/C13H19F2N3O2/c1-2-16-13(17-5-7-19)18-6-8-20-12-4-3-10(14)9-11(12)15/h3-4,9,19H,2,5-8H2,1H3,(H2,16,17,18). The van der Waals surface area contributed by atoms with E-state index in [1.165, 1.54) is 6.07 Å². The molecule has 0 radical (unpaired) electrons. The summed E-state index contributed by atoms with van der Waals surface area (Å²) in [4.78, 5) is 4.07. The third kappa shape index (κ3) is 5.83.